The summed E-state index contributed by atoms with van der Waals surface area (Å²) in [6.07, 6.45) is 3.21. The minimum absolute atomic E-state index is 0.193. The molecule has 0 saturated heterocycles. The fraction of sp³-hybridized carbons (Fsp3) is 0.286. The first-order valence-corrected chi connectivity index (χ1v) is 9.99. The SMILES string of the molecule is Cc1ccc(N(C(=O)c2csnn2)[C@H](C(=O)NC(C)(C)C)c2ccncc2)cc1. The highest BCUT2D eigenvalue weighted by Crippen LogP contribution is 2.30. The molecule has 3 rings (SSSR count). The summed E-state index contributed by atoms with van der Waals surface area (Å²) in [4.78, 5) is 32.3. The van der Waals surface area contributed by atoms with Gasteiger partial charge in [0.1, 0.15) is 6.04 Å². The Kier molecular flexibility index (Phi) is 6.03. The number of aryl methyl sites for hydroxylation is 1. The molecule has 0 radical (unpaired) electrons. The molecule has 1 N–H and O–H groups in total. The van der Waals surface area contributed by atoms with E-state index in [1.165, 1.54) is 4.90 Å². The second kappa shape index (κ2) is 8.48. The van der Waals surface area contributed by atoms with Gasteiger partial charge in [-0.25, -0.2) is 0 Å². The molecule has 2 amide bonds. The summed E-state index contributed by atoms with van der Waals surface area (Å²) in [6, 6.07) is 10.0. The third kappa shape index (κ3) is 5.03. The van der Waals surface area contributed by atoms with Gasteiger partial charge in [-0.05, 0) is 69.1 Å². The molecule has 0 aliphatic carbocycles. The summed E-state index contributed by atoms with van der Waals surface area (Å²) < 4.78 is 3.80. The summed E-state index contributed by atoms with van der Waals surface area (Å²) in [7, 11) is 0. The predicted octanol–water partition coefficient (Wildman–Crippen LogP) is 3.54. The van der Waals surface area contributed by atoms with E-state index in [2.05, 4.69) is 19.9 Å². The molecule has 2 aromatic heterocycles. The topological polar surface area (TPSA) is 88.1 Å². The number of carbonyl (C=O) groups is 2. The number of hydrogen-bond donors (Lipinski definition) is 1. The lowest BCUT2D eigenvalue weighted by molar-refractivity contribution is -0.123. The molecule has 1 atom stereocenters. The first-order chi connectivity index (χ1) is 13.8. The van der Waals surface area contributed by atoms with Gasteiger partial charge in [0.15, 0.2) is 5.69 Å². The maximum Gasteiger partial charge on any atom is 0.280 e. The van der Waals surface area contributed by atoms with Crippen molar-refractivity contribution in [2.75, 3.05) is 4.90 Å². The number of nitrogens with zero attached hydrogens (tertiary/aromatic N) is 4. The third-order valence-electron chi connectivity index (χ3n) is 4.14. The van der Waals surface area contributed by atoms with Crippen LogP contribution in [0.3, 0.4) is 0 Å². The molecule has 3 aromatic rings. The van der Waals surface area contributed by atoms with E-state index in [1.54, 1.807) is 29.9 Å². The Morgan fingerprint density at radius 2 is 1.72 bits per heavy atom. The minimum Gasteiger partial charge on any atom is -0.349 e. The van der Waals surface area contributed by atoms with Crippen LogP contribution in [0.1, 0.15) is 48.4 Å². The number of nitrogens with one attached hydrogen (secondary N) is 1. The van der Waals surface area contributed by atoms with Crippen molar-refractivity contribution in [3.63, 3.8) is 0 Å². The van der Waals surface area contributed by atoms with Gasteiger partial charge in [0.2, 0.25) is 5.91 Å². The standard InChI is InChI=1S/C21H23N5O2S/c1-14-5-7-16(8-6-14)26(20(28)17-13-29-25-24-17)18(15-9-11-22-12-10-15)19(27)23-21(2,3)4/h5-13,18H,1-4H3,(H,23,27)/t18-/m0/s1. The fourth-order valence-corrected chi connectivity index (χ4v) is 3.30. The van der Waals surface area contributed by atoms with E-state index < -0.39 is 17.5 Å². The Bertz CT molecular complexity index is 967. The van der Waals surface area contributed by atoms with Crippen LogP contribution in [-0.2, 0) is 4.79 Å². The minimum atomic E-state index is -0.894. The quantitative estimate of drug-likeness (QED) is 0.696. The Morgan fingerprint density at radius 3 is 2.28 bits per heavy atom. The molecular weight excluding hydrogens is 386 g/mol. The average Bonchev–Trinajstić information content (AvgIpc) is 3.20. The van der Waals surface area contributed by atoms with Gasteiger partial charge in [-0.15, -0.1) is 5.10 Å². The molecule has 0 saturated carbocycles. The molecule has 0 bridgehead atoms. The Morgan fingerprint density at radius 1 is 1.07 bits per heavy atom. The van der Waals surface area contributed by atoms with Crippen LogP contribution >= 0.6 is 11.5 Å². The zero-order valence-electron chi connectivity index (χ0n) is 16.8. The van der Waals surface area contributed by atoms with E-state index in [1.807, 2.05) is 52.0 Å². The molecule has 2 heterocycles. The number of hydrogen-bond acceptors (Lipinski definition) is 6. The van der Waals surface area contributed by atoms with Crippen LogP contribution in [0.4, 0.5) is 5.69 Å². The van der Waals surface area contributed by atoms with Crippen molar-refractivity contribution in [2.45, 2.75) is 39.3 Å². The van der Waals surface area contributed by atoms with Gasteiger partial charge < -0.3 is 5.32 Å². The van der Waals surface area contributed by atoms with Gasteiger partial charge in [-0.1, -0.05) is 22.2 Å². The zero-order chi connectivity index (χ0) is 21.0. The molecule has 0 spiro atoms. The van der Waals surface area contributed by atoms with Gasteiger partial charge in [0.25, 0.3) is 5.91 Å². The monoisotopic (exact) mass is 409 g/mol. The number of rotatable bonds is 5. The van der Waals surface area contributed by atoms with Crippen LogP contribution in [-0.4, -0.2) is 31.9 Å². The second-order valence-electron chi connectivity index (χ2n) is 7.72. The van der Waals surface area contributed by atoms with E-state index in [4.69, 9.17) is 0 Å². The molecule has 1 aromatic carbocycles. The first-order valence-electron chi connectivity index (χ1n) is 9.15. The van der Waals surface area contributed by atoms with Crippen LogP contribution < -0.4 is 10.2 Å². The number of aromatic nitrogens is 3. The summed E-state index contributed by atoms with van der Waals surface area (Å²) in [5, 5.41) is 8.49. The molecule has 8 heteroatoms. The highest BCUT2D eigenvalue weighted by molar-refractivity contribution is 7.03. The normalized spacial score (nSPS) is 12.3. The van der Waals surface area contributed by atoms with Gasteiger partial charge in [-0.3, -0.25) is 19.5 Å². The summed E-state index contributed by atoms with van der Waals surface area (Å²) in [5.41, 5.74) is 2.03. The second-order valence-corrected chi connectivity index (χ2v) is 8.33. The van der Waals surface area contributed by atoms with Gasteiger partial charge >= 0.3 is 0 Å². The summed E-state index contributed by atoms with van der Waals surface area (Å²) in [5.74, 6) is -0.686. The van der Waals surface area contributed by atoms with Crippen molar-refractivity contribution in [1.29, 1.82) is 0 Å². The lowest BCUT2D eigenvalue weighted by Crippen LogP contribution is -2.49. The largest absolute Gasteiger partial charge is 0.349 e. The Labute approximate surface area is 174 Å². The number of anilines is 1. The number of amides is 2. The van der Waals surface area contributed by atoms with E-state index >= 15 is 0 Å². The Hall–Kier alpha value is -3.13. The smallest absolute Gasteiger partial charge is 0.280 e. The van der Waals surface area contributed by atoms with E-state index in [-0.39, 0.29) is 11.6 Å². The lowest BCUT2D eigenvalue weighted by atomic mass is 10.0. The molecule has 0 unspecified atom stereocenters. The van der Waals surface area contributed by atoms with Crippen molar-refractivity contribution in [1.82, 2.24) is 19.9 Å². The van der Waals surface area contributed by atoms with Crippen molar-refractivity contribution in [3.05, 3.63) is 71.0 Å². The van der Waals surface area contributed by atoms with Crippen LogP contribution in [0.2, 0.25) is 0 Å². The highest BCUT2D eigenvalue weighted by Gasteiger charge is 2.35. The maximum absolute atomic E-state index is 13.4. The van der Waals surface area contributed by atoms with Crippen molar-refractivity contribution in [3.8, 4) is 0 Å². The molecule has 0 aliphatic heterocycles. The molecular formula is C21H23N5O2S. The van der Waals surface area contributed by atoms with Crippen LogP contribution in [0.5, 0.6) is 0 Å². The molecule has 7 nitrogen and oxygen atoms in total. The molecule has 0 fully saturated rings. The van der Waals surface area contributed by atoms with E-state index in [9.17, 15) is 9.59 Å². The van der Waals surface area contributed by atoms with E-state index in [0.717, 1.165) is 17.1 Å². The van der Waals surface area contributed by atoms with E-state index in [0.29, 0.717) is 11.3 Å². The Balaban J connectivity index is 2.15. The highest BCUT2D eigenvalue weighted by atomic mass is 32.1. The van der Waals surface area contributed by atoms with Crippen LogP contribution in [0.15, 0.2) is 54.2 Å². The maximum atomic E-state index is 13.4. The lowest BCUT2D eigenvalue weighted by Gasteiger charge is -2.33. The van der Waals surface area contributed by atoms with Crippen molar-refractivity contribution in [2.24, 2.45) is 0 Å². The van der Waals surface area contributed by atoms with Gasteiger partial charge in [0.05, 0.1) is 0 Å². The van der Waals surface area contributed by atoms with Crippen molar-refractivity contribution < 1.29 is 9.59 Å². The molecule has 29 heavy (non-hydrogen) atoms. The third-order valence-corrected chi connectivity index (χ3v) is 4.64. The molecule has 0 aliphatic rings. The zero-order valence-corrected chi connectivity index (χ0v) is 17.6. The summed E-state index contributed by atoms with van der Waals surface area (Å²) >= 11 is 1.09. The average molecular weight is 410 g/mol. The fourth-order valence-electron chi connectivity index (χ4n) is 2.87. The number of pyridine rings is 1. The molecule has 150 valence electrons. The number of benzene rings is 1. The first kappa shape index (κ1) is 20.6. The van der Waals surface area contributed by atoms with Crippen molar-refractivity contribution >= 4 is 29.0 Å². The number of carbonyl (C=O) groups excluding carboxylic acids is 2. The summed E-state index contributed by atoms with van der Waals surface area (Å²) in [6.45, 7) is 7.66. The van der Waals surface area contributed by atoms with Crippen LogP contribution in [0, 0.1) is 6.92 Å². The van der Waals surface area contributed by atoms with Gasteiger partial charge in [-0.2, -0.15) is 0 Å². The van der Waals surface area contributed by atoms with Gasteiger partial charge in [0, 0.05) is 29.0 Å². The van der Waals surface area contributed by atoms with Crippen LogP contribution in [0.25, 0.3) is 0 Å². The predicted molar refractivity (Wildman–Crippen MR) is 113 cm³/mol.